The Morgan fingerprint density at radius 2 is 2.06 bits per heavy atom. The average molecular weight is 228 g/mol. The van der Waals surface area contributed by atoms with Gasteiger partial charge in [0.25, 0.3) is 0 Å². The Balaban J connectivity index is 3.40. The largest absolute Gasteiger partial charge is 0.505 e. The summed E-state index contributed by atoms with van der Waals surface area (Å²) in [6.07, 6.45) is -0.153. The monoisotopic (exact) mass is 228 g/mol. The molecular formula is C11H13FO4. The molecule has 0 heterocycles. The van der Waals surface area contributed by atoms with Gasteiger partial charge in [0.15, 0.2) is 23.1 Å². The number of phenolic OH excluding ortho intramolecular Hbond substituents is 1. The van der Waals surface area contributed by atoms with E-state index in [0.29, 0.717) is 0 Å². The molecule has 0 atom stereocenters. The maximum absolute atomic E-state index is 13.6. The van der Waals surface area contributed by atoms with Crippen LogP contribution in [0, 0.1) is 5.82 Å². The van der Waals surface area contributed by atoms with Crippen molar-refractivity contribution in [1.82, 2.24) is 0 Å². The molecule has 0 aromatic heterocycles. The van der Waals surface area contributed by atoms with Crippen LogP contribution in [0.3, 0.4) is 0 Å². The van der Waals surface area contributed by atoms with Crippen molar-refractivity contribution in [3.05, 3.63) is 17.4 Å². The van der Waals surface area contributed by atoms with Crippen LogP contribution in [0.4, 0.5) is 4.39 Å². The van der Waals surface area contributed by atoms with E-state index in [0.717, 1.165) is 6.07 Å². The first-order valence-corrected chi connectivity index (χ1v) is 4.63. The van der Waals surface area contributed by atoms with E-state index in [9.17, 15) is 14.3 Å². The summed E-state index contributed by atoms with van der Waals surface area (Å²) in [6.45, 7) is 1.33. The van der Waals surface area contributed by atoms with Gasteiger partial charge < -0.3 is 14.6 Å². The lowest BCUT2D eigenvalue weighted by molar-refractivity contribution is -0.116. The van der Waals surface area contributed by atoms with Gasteiger partial charge in [-0.3, -0.25) is 4.79 Å². The second-order valence-electron chi connectivity index (χ2n) is 3.30. The number of benzene rings is 1. The van der Waals surface area contributed by atoms with Gasteiger partial charge in [0.1, 0.15) is 5.78 Å². The standard InChI is InChI=1S/C11H13FO4/c1-6(13)4-7-10(12)8(14)5-9(15-2)11(7)16-3/h5,14H,4H2,1-3H3. The fourth-order valence-corrected chi connectivity index (χ4v) is 1.44. The third-order valence-corrected chi connectivity index (χ3v) is 2.11. The van der Waals surface area contributed by atoms with Gasteiger partial charge in [0.2, 0.25) is 0 Å². The lowest BCUT2D eigenvalue weighted by Gasteiger charge is -2.13. The first-order valence-electron chi connectivity index (χ1n) is 4.63. The molecule has 1 aromatic carbocycles. The zero-order valence-corrected chi connectivity index (χ0v) is 9.33. The molecule has 0 saturated carbocycles. The van der Waals surface area contributed by atoms with Crippen LogP contribution in [-0.2, 0) is 11.2 Å². The van der Waals surface area contributed by atoms with E-state index in [1.54, 1.807) is 0 Å². The number of halogens is 1. The van der Waals surface area contributed by atoms with E-state index in [4.69, 9.17) is 9.47 Å². The maximum Gasteiger partial charge on any atom is 0.172 e. The summed E-state index contributed by atoms with van der Waals surface area (Å²) in [5.74, 6) is -1.32. The molecule has 0 amide bonds. The van der Waals surface area contributed by atoms with Crippen molar-refractivity contribution < 1.29 is 23.8 Å². The fraction of sp³-hybridized carbons (Fsp3) is 0.364. The number of ether oxygens (including phenoxy) is 2. The molecule has 0 aliphatic heterocycles. The first-order chi connectivity index (χ1) is 7.51. The number of ketones is 1. The van der Waals surface area contributed by atoms with Gasteiger partial charge in [-0.15, -0.1) is 0 Å². The number of carbonyl (C=O) groups is 1. The highest BCUT2D eigenvalue weighted by Gasteiger charge is 2.20. The number of aromatic hydroxyl groups is 1. The molecular weight excluding hydrogens is 215 g/mol. The summed E-state index contributed by atoms with van der Waals surface area (Å²) in [4.78, 5) is 11.0. The number of hydrogen-bond donors (Lipinski definition) is 1. The summed E-state index contributed by atoms with van der Waals surface area (Å²) >= 11 is 0. The van der Waals surface area contributed by atoms with Crippen LogP contribution in [-0.4, -0.2) is 25.1 Å². The van der Waals surface area contributed by atoms with Gasteiger partial charge in [0, 0.05) is 18.1 Å². The SMILES string of the molecule is COc1cc(O)c(F)c(CC(C)=O)c1OC. The van der Waals surface area contributed by atoms with Crippen molar-refractivity contribution in [3.8, 4) is 17.2 Å². The van der Waals surface area contributed by atoms with E-state index < -0.39 is 11.6 Å². The van der Waals surface area contributed by atoms with Crippen molar-refractivity contribution in [3.63, 3.8) is 0 Å². The smallest absolute Gasteiger partial charge is 0.172 e. The molecule has 88 valence electrons. The molecule has 4 nitrogen and oxygen atoms in total. The Bertz CT molecular complexity index is 415. The van der Waals surface area contributed by atoms with Gasteiger partial charge in [0.05, 0.1) is 14.2 Å². The first kappa shape index (κ1) is 12.3. The van der Waals surface area contributed by atoms with E-state index >= 15 is 0 Å². The van der Waals surface area contributed by atoms with Gasteiger partial charge >= 0.3 is 0 Å². The van der Waals surface area contributed by atoms with E-state index in [1.807, 2.05) is 0 Å². The van der Waals surface area contributed by atoms with Crippen molar-refractivity contribution in [2.45, 2.75) is 13.3 Å². The zero-order valence-electron chi connectivity index (χ0n) is 9.33. The van der Waals surface area contributed by atoms with Gasteiger partial charge in [-0.1, -0.05) is 0 Å². The number of Topliss-reactive ketones (excluding diaryl/α,β-unsaturated/α-hetero) is 1. The van der Waals surface area contributed by atoms with Crippen LogP contribution in [0.15, 0.2) is 6.07 Å². The zero-order chi connectivity index (χ0) is 12.3. The van der Waals surface area contributed by atoms with E-state index in [1.165, 1.54) is 21.1 Å². The molecule has 0 aliphatic rings. The summed E-state index contributed by atoms with van der Waals surface area (Å²) in [5.41, 5.74) is 0.00634. The Kier molecular flexibility index (Phi) is 3.71. The lowest BCUT2D eigenvalue weighted by atomic mass is 10.1. The summed E-state index contributed by atoms with van der Waals surface area (Å²) in [7, 11) is 2.71. The molecule has 16 heavy (non-hydrogen) atoms. The quantitative estimate of drug-likeness (QED) is 0.851. The molecule has 0 spiro atoms. The molecule has 5 heteroatoms. The lowest BCUT2D eigenvalue weighted by Crippen LogP contribution is -2.04. The van der Waals surface area contributed by atoms with Crippen molar-refractivity contribution in [1.29, 1.82) is 0 Å². The molecule has 0 bridgehead atoms. The molecule has 0 aliphatic carbocycles. The van der Waals surface area contributed by atoms with Crippen molar-refractivity contribution >= 4 is 5.78 Å². The van der Waals surface area contributed by atoms with Crippen molar-refractivity contribution in [2.75, 3.05) is 14.2 Å². The Morgan fingerprint density at radius 1 is 1.44 bits per heavy atom. The van der Waals surface area contributed by atoms with Crippen LogP contribution < -0.4 is 9.47 Å². The van der Waals surface area contributed by atoms with Crippen LogP contribution in [0.5, 0.6) is 17.2 Å². The second kappa shape index (κ2) is 4.83. The predicted octanol–water partition coefficient (Wildman–Crippen LogP) is 1.68. The molecule has 0 radical (unpaired) electrons. The van der Waals surface area contributed by atoms with Gasteiger partial charge in [-0.05, 0) is 6.92 Å². The molecule has 0 saturated heterocycles. The minimum atomic E-state index is -0.854. The number of phenols is 1. The average Bonchev–Trinajstić information content (AvgIpc) is 2.23. The third-order valence-electron chi connectivity index (χ3n) is 2.11. The Morgan fingerprint density at radius 3 is 2.50 bits per heavy atom. The topological polar surface area (TPSA) is 55.8 Å². The minimum absolute atomic E-state index is 0.00634. The summed E-state index contributed by atoms with van der Waals surface area (Å²) < 4.78 is 23.5. The van der Waals surface area contributed by atoms with Gasteiger partial charge in [-0.25, -0.2) is 4.39 Å². The minimum Gasteiger partial charge on any atom is -0.505 e. The summed E-state index contributed by atoms with van der Waals surface area (Å²) in [5, 5.41) is 9.32. The third kappa shape index (κ3) is 2.24. The van der Waals surface area contributed by atoms with Crippen LogP contribution in [0.1, 0.15) is 12.5 Å². The number of methoxy groups -OCH3 is 2. The Labute approximate surface area is 92.6 Å². The number of carbonyl (C=O) groups excluding carboxylic acids is 1. The highest BCUT2D eigenvalue weighted by Crippen LogP contribution is 2.38. The van der Waals surface area contributed by atoms with Gasteiger partial charge in [-0.2, -0.15) is 0 Å². The second-order valence-corrected chi connectivity index (χ2v) is 3.30. The molecule has 1 N–H and O–H groups in total. The predicted molar refractivity (Wildman–Crippen MR) is 55.6 cm³/mol. The maximum atomic E-state index is 13.6. The van der Waals surface area contributed by atoms with Crippen molar-refractivity contribution in [2.24, 2.45) is 0 Å². The highest BCUT2D eigenvalue weighted by molar-refractivity contribution is 5.79. The molecule has 0 fully saturated rings. The van der Waals surface area contributed by atoms with Crippen LogP contribution in [0.25, 0.3) is 0 Å². The van der Waals surface area contributed by atoms with E-state index in [-0.39, 0.29) is 29.3 Å². The fourth-order valence-electron chi connectivity index (χ4n) is 1.44. The van der Waals surface area contributed by atoms with Crippen LogP contribution >= 0.6 is 0 Å². The number of hydrogen-bond acceptors (Lipinski definition) is 4. The summed E-state index contributed by atoms with van der Waals surface area (Å²) in [6, 6.07) is 1.11. The molecule has 0 unspecified atom stereocenters. The normalized spacial score (nSPS) is 10.0. The highest BCUT2D eigenvalue weighted by atomic mass is 19.1. The van der Waals surface area contributed by atoms with E-state index in [2.05, 4.69) is 0 Å². The number of rotatable bonds is 4. The molecule has 1 rings (SSSR count). The van der Waals surface area contributed by atoms with Crippen LogP contribution in [0.2, 0.25) is 0 Å². The molecule has 1 aromatic rings. The Hall–Kier alpha value is -1.78.